The van der Waals surface area contributed by atoms with Gasteiger partial charge in [0.2, 0.25) is 22.5 Å². The maximum Gasteiger partial charge on any atom is 0.315 e. The third kappa shape index (κ3) is 8.78. The molecule has 0 saturated heterocycles. The van der Waals surface area contributed by atoms with Crippen LogP contribution >= 0.6 is 0 Å². The van der Waals surface area contributed by atoms with Crippen LogP contribution in [0.2, 0.25) is 58.9 Å². The van der Waals surface area contributed by atoms with Gasteiger partial charge < -0.3 is 13.4 Å². The third-order valence-electron chi connectivity index (χ3n) is 2.83. The minimum absolute atomic E-state index is 0.155. The van der Waals surface area contributed by atoms with Crippen molar-refractivity contribution in [3.8, 4) is 0 Å². The molecule has 9 heteroatoms. The largest absolute Gasteiger partial charge is 0.520 e. The summed E-state index contributed by atoms with van der Waals surface area (Å²) < 4.78 is 12.6. The SMILES string of the molecule is CC(=O)N(C(CC(=O)O[Si](C)(C)C)C(=O)O[Si](C)(C)C)[Si](C)(C)C. The zero-order valence-corrected chi connectivity index (χ0v) is 19.8. The van der Waals surface area contributed by atoms with Crippen LogP contribution in [0.4, 0.5) is 0 Å². The molecule has 0 spiro atoms. The van der Waals surface area contributed by atoms with Crippen molar-refractivity contribution in [1.29, 1.82) is 0 Å². The molecule has 0 fully saturated rings. The van der Waals surface area contributed by atoms with E-state index in [1.807, 2.05) is 58.9 Å². The Hall–Kier alpha value is -0.939. The van der Waals surface area contributed by atoms with Crippen molar-refractivity contribution in [2.24, 2.45) is 0 Å². The molecule has 0 N–H and O–H groups in total. The molecule has 6 nitrogen and oxygen atoms in total. The van der Waals surface area contributed by atoms with E-state index in [1.165, 1.54) is 6.92 Å². The second kappa shape index (κ2) is 7.96. The number of rotatable bonds is 7. The van der Waals surface area contributed by atoms with Crippen LogP contribution in [0.15, 0.2) is 0 Å². The van der Waals surface area contributed by atoms with Gasteiger partial charge in [-0.3, -0.25) is 14.4 Å². The predicted octanol–water partition coefficient (Wildman–Crippen LogP) is 3.18. The Morgan fingerprint density at radius 1 is 0.833 bits per heavy atom. The first-order valence-corrected chi connectivity index (χ1v) is 18.4. The van der Waals surface area contributed by atoms with Crippen molar-refractivity contribution < 1.29 is 23.2 Å². The number of hydrogen-bond acceptors (Lipinski definition) is 5. The first-order chi connectivity index (χ1) is 10.4. The molecule has 0 heterocycles. The van der Waals surface area contributed by atoms with Gasteiger partial charge >= 0.3 is 5.97 Å². The molecule has 1 unspecified atom stereocenters. The highest BCUT2D eigenvalue weighted by molar-refractivity contribution is 6.76. The summed E-state index contributed by atoms with van der Waals surface area (Å²) in [5, 5.41) is 0. The van der Waals surface area contributed by atoms with Crippen molar-refractivity contribution in [3.63, 3.8) is 0 Å². The summed E-state index contributed by atoms with van der Waals surface area (Å²) >= 11 is 0. The second-order valence-corrected chi connectivity index (χ2v) is 22.6. The van der Waals surface area contributed by atoms with Gasteiger partial charge in [0.25, 0.3) is 5.97 Å². The van der Waals surface area contributed by atoms with Crippen molar-refractivity contribution in [2.45, 2.75) is 78.3 Å². The van der Waals surface area contributed by atoms with E-state index >= 15 is 0 Å². The Kier molecular flexibility index (Phi) is 7.65. The Morgan fingerprint density at radius 2 is 1.25 bits per heavy atom. The van der Waals surface area contributed by atoms with Crippen molar-refractivity contribution in [1.82, 2.24) is 4.57 Å². The first-order valence-electron chi connectivity index (χ1n) is 8.18. The van der Waals surface area contributed by atoms with E-state index in [9.17, 15) is 14.4 Å². The molecule has 0 bridgehead atoms. The van der Waals surface area contributed by atoms with Crippen molar-refractivity contribution in [3.05, 3.63) is 0 Å². The van der Waals surface area contributed by atoms with Gasteiger partial charge in [-0.05, 0) is 39.3 Å². The fraction of sp³-hybridized carbons (Fsp3) is 0.800. The normalized spacial score (nSPS) is 13.9. The lowest BCUT2D eigenvalue weighted by Crippen LogP contribution is -2.59. The van der Waals surface area contributed by atoms with Crippen LogP contribution in [0, 0.1) is 0 Å². The maximum absolute atomic E-state index is 12.7. The van der Waals surface area contributed by atoms with Gasteiger partial charge in [0, 0.05) is 6.92 Å². The topological polar surface area (TPSA) is 72.9 Å². The highest BCUT2D eigenvalue weighted by Crippen LogP contribution is 2.21. The average Bonchev–Trinajstić information content (AvgIpc) is 2.19. The molecule has 0 aromatic rings. The molecule has 0 rings (SSSR count). The van der Waals surface area contributed by atoms with E-state index in [4.69, 9.17) is 8.85 Å². The van der Waals surface area contributed by atoms with Gasteiger partial charge in [0.15, 0.2) is 8.24 Å². The van der Waals surface area contributed by atoms with Crippen LogP contribution in [0.25, 0.3) is 0 Å². The van der Waals surface area contributed by atoms with Crippen LogP contribution in [-0.4, -0.2) is 53.3 Å². The van der Waals surface area contributed by atoms with Gasteiger partial charge in [0.1, 0.15) is 6.04 Å². The van der Waals surface area contributed by atoms with Gasteiger partial charge in [-0.25, -0.2) is 0 Å². The summed E-state index contributed by atoms with van der Waals surface area (Å²) in [5.74, 6) is -1.16. The quantitative estimate of drug-likeness (QED) is 0.623. The molecule has 0 aliphatic carbocycles. The zero-order chi connectivity index (χ0) is 19.5. The van der Waals surface area contributed by atoms with E-state index in [1.54, 1.807) is 4.57 Å². The average molecular weight is 392 g/mol. The predicted molar refractivity (Wildman–Crippen MR) is 103 cm³/mol. The maximum atomic E-state index is 12.7. The molecule has 24 heavy (non-hydrogen) atoms. The van der Waals surface area contributed by atoms with Crippen LogP contribution in [0.5, 0.6) is 0 Å². The first kappa shape index (κ1) is 23.1. The third-order valence-corrected chi connectivity index (χ3v) is 6.56. The van der Waals surface area contributed by atoms with Crippen LogP contribution < -0.4 is 0 Å². The monoisotopic (exact) mass is 391 g/mol. The van der Waals surface area contributed by atoms with Crippen molar-refractivity contribution in [2.75, 3.05) is 0 Å². The van der Waals surface area contributed by atoms with Gasteiger partial charge in [-0.2, -0.15) is 0 Å². The van der Waals surface area contributed by atoms with E-state index in [0.717, 1.165) is 0 Å². The Balaban J connectivity index is 5.62. The standard InChI is InChI=1S/C15H33NO5Si3/c1-12(17)16(22(2,3)4)13(15(19)21-24(8,9)10)11-14(18)20-23(5,6)7/h13H,11H2,1-10H3. The number of nitrogens with zero attached hydrogens (tertiary/aromatic N) is 1. The van der Waals surface area contributed by atoms with Gasteiger partial charge in [0.05, 0.1) is 6.42 Å². The molecule has 1 atom stereocenters. The van der Waals surface area contributed by atoms with Crippen molar-refractivity contribution >= 4 is 42.7 Å². The summed E-state index contributed by atoms with van der Waals surface area (Å²) in [7, 11) is -6.37. The minimum Gasteiger partial charge on any atom is -0.520 e. The highest BCUT2D eigenvalue weighted by Gasteiger charge is 2.41. The van der Waals surface area contributed by atoms with E-state index in [0.29, 0.717) is 0 Å². The smallest absolute Gasteiger partial charge is 0.315 e. The number of hydrogen-bond donors (Lipinski definition) is 0. The summed E-state index contributed by atoms with van der Waals surface area (Å²) in [6.45, 7) is 18.7. The van der Waals surface area contributed by atoms with Gasteiger partial charge in [-0.1, -0.05) is 19.6 Å². The molecule has 140 valence electrons. The summed E-state index contributed by atoms with van der Waals surface area (Å²) in [5.41, 5.74) is 0. The van der Waals surface area contributed by atoms with Crippen LogP contribution in [-0.2, 0) is 23.2 Å². The number of carbonyl (C=O) groups is 3. The molecule has 0 saturated carbocycles. The summed E-state index contributed by atoms with van der Waals surface area (Å²) in [6, 6.07) is -0.912. The molecule has 0 aliphatic heterocycles. The zero-order valence-electron chi connectivity index (χ0n) is 16.8. The molecule has 0 radical (unpaired) electrons. The molecule has 1 amide bonds. The molecular formula is C15H33NO5Si3. The highest BCUT2D eigenvalue weighted by atomic mass is 28.4. The molecule has 0 aliphatic rings. The van der Waals surface area contributed by atoms with E-state index < -0.39 is 42.9 Å². The van der Waals surface area contributed by atoms with Crippen LogP contribution in [0.3, 0.4) is 0 Å². The van der Waals surface area contributed by atoms with Gasteiger partial charge in [-0.15, -0.1) is 0 Å². The lowest BCUT2D eigenvalue weighted by Gasteiger charge is -2.39. The summed E-state index contributed by atoms with van der Waals surface area (Å²) in [6.07, 6.45) is -0.155. The lowest BCUT2D eigenvalue weighted by molar-refractivity contribution is -0.149. The minimum atomic E-state index is -2.17. The van der Waals surface area contributed by atoms with E-state index in [2.05, 4.69) is 0 Å². The Bertz CT molecular complexity index is 489. The number of amides is 1. The molecular weight excluding hydrogens is 358 g/mol. The lowest BCUT2D eigenvalue weighted by atomic mass is 10.2. The number of carbonyl (C=O) groups excluding carboxylic acids is 3. The van der Waals surface area contributed by atoms with Crippen LogP contribution in [0.1, 0.15) is 13.3 Å². The Morgan fingerprint density at radius 3 is 1.54 bits per heavy atom. The Labute approximate surface area is 149 Å². The van der Waals surface area contributed by atoms with E-state index in [-0.39, 0.29) is 12.3 Å². The summed E-state index contributed by atoms with van der Waals surface area (Å²) in [4.78, 5) is 37.2. The molecule has 0 aromatic heterocycles. The fourth-order valence-electron chi connectivity index (χ4n) is 2.35. The fourth-order valence-corrected chi connectivity index (χ4v) is 5.93. The second-order valence-electron chi connectivity index (χ2n) is 8.90. The molecule has 0 aromatic carbocycles.